The molecule has 2 heterocycles. The third-order valence-corrected chi connectivity index (χ3v) is 3.90. The van der Waals surface area contributed by atoms with E-state index >= 15 is 0 Å². The fourth-order valence-corrected chi connectivity index (χ4v) is 2.62. The summed E-state index contributed by atoms with van der Waals surface area (Å²) < 4.78 is 0. The smallest absolute Gasteiger partial charge is 0.141 e. The summed E-state index contributed by atoms with van der Waals surface area (Å²) >= 11 is 0. The van der Waals surface area contributed by atoms with Gasteiger partial charge in [0.15, 0.2) is 0 Å². The van der Waals surface area contributed by atoms with Crippen LogP contribution in [0, 0.1) is 20.8 Å². The molecule has 0 saturated carbocycles. The first-order valence-corrected chi connectivity index (χ1v) is 7.93. The number of fused-ring (bicyclic) bond motifs is 2. The highest BCUT2D eigenvalue weighted by Crippen LogP contribution is 2.21. The largest absolute Gasteiger partial charge is 0.506 e. The second kappa shape index (κ2) is 6.67. The molecular weight excluding hydrogens is 296 g/mol. The van der Waals surface area contributed by atoms with Gasteiger partial charge in [0.25, 0.3) is 0 Å². The Kier molecular flexibility index (Phi) is 4.43. The lowest BCUT2D eigenvalue weighted by Crippen LogP contribution is -1.85. The van der Waals surface area contributed by atoms with Gasteiger partial charge < -0.3 is 5.11 Å². The minimum atomic E-state index is 0.246. The van der Waals surface area contributed by atoms with E-state index in [0.29, 0.717) is 5.52 Å². The number of phenols is 1. The number of nitrogens with zero attached hydrogens (tertiary/aromatic N) is 2. The summed E-state index contributed by atoms with van der Waals surface area (Å²) in [7, 11) is 0. The van der Waals surface area contributed by atoms with Gasteiger partial charge in [0, 0.05) is 22.2 Å². The molecule has 1 N–H and O–H groups in total. The van der Waals surface area contributed by atoms with Gasteiger partial charge in [-0.15, -0.1) is 0 Å². The van der Waals surface area contributed by atoms with Crippen LogP contribution in [0.5, 0.6) is 5.75 Å². The predicted molar refractivity (Wildman–Crippen MR) is 99.4 cm³/mol. The van der Waals surface area contributed by atoms with Crippen molar-refractivity contribution in [3.63, 3.8) is 0 Å². The van der Waals surface area contributed by atoms with Crippen LogP contribution in [0.4, 0.5) is 0 Å². The highest BCUT2D eigenvalue weighted by Gasteiger charge is 1.99. The number of aromatic hydroxyl groups is 1. The summed E-state index contributed by atoms with van der Waals surface area (Å²) in [6.07, 6.45) is 0. The molecular formula is C21H20N2O. The molecule has 0 aliphatic carbocycles. The number of para-hydroxylation sites is 2. The van der Waals surface area contributed by atoms with Crippen LogP contribution < -0.4 is 0 Å². The molecule has 3 nitrogen and oxygen atoms in total. The van der Waals surface area contributed by atoms with Crippen LogP contribution in [0.15, 0.2) is 60.7 Å². The van der Waals surface area contributed by atoms with Crippen LogP contribution in [-0.2, 0) is 0 Å². The Morgan fingerprint density at radius 3 is 1.83 bits per heavy atom. The molecule has 0 saturated heterocycles. The van der Waals surface area contributed by atoms with E-state index in [0.717, 1.165) is 22.3 Å². The third kappa shape index (κ3) is 3.35. The number of hydrogen-bond donors (Lipinski definition) is 1. The van der Waals surface area contributed by atoms with Gasteiger partial charge in [0.1, 0.15) is 11.3 Å². The molecule has 4 aromatic rings. The monoisotopic (exact) mass is 316 g/mol. The van der Waals surface area contributed by atoms with Crippen molar-refractivity contribution >= 4 is 21.8 Å². The van der Waals surface area contributed by atoms with Crippen molar-refractivity contribution in [2.75, 3.05) is 0 Å². The molecule has 0 amide bonds. The van der Waals surface area contributed by atoms with Crippen LogP contribution in [-0.4, -0.2) is 15.1 Å². The van der Waals surface area contributed by atoms with Crippen molar-refractivity contribution in [1.29, 1.82) is 0 Å². The first kappa shape index (κ1) is 15.9. The minimum absolute atomic E-state index is 0.246. The van der Waals surface area contributed by atoms with Gasteiger partial charge >= 0.3 is 0 Å². The molecule has 2 aromatic carbocycles. The first-order chi connectivity index (χ1) is 11.5. The normalized spacial score (nSPS) is 10.5. The van der Waals surface area contributed by atoms with E-state index in [-0.39, 0.29) is 5.75 Å². The number of hydrogen-bond acceptors (Lipinski definition) is 3. The summed E-state index contributed by atoms with van der Waals surface area (Å²) in [5.41, 5.74) is 5.05. The molecule has 0 aliphatic heterocycles. The van der Waals surface area contributed by atoms with E-state index < -0.39 is 0 Å². The van der Waals surface area contributed by atoms with Crippen molar-refractivity contribution in [2.24, 2.45) is 0 Å². The SMILES string of the molecule is Cc1ccc2cccc(C)c2n1.Cc1ccc2cccc(O)c2n1. The highest BCUT2D eigenvalue weighted by molar-refractivity contribution is 5.84. The Balaban J connectivity index is 0.000000141. The fourth-order valence-electron chi connectivity index (χ4n) is 2.62. The number of rotatable bonds is 0. The Morgan fingerprint density at radius 1 is 0.625 bits per heavy atom. The van der Waals surface area contributed by atoms with E-state index in [2.05, 4.69) is 41.2 Å². The average Bonchev–Trinajstić information content (AvgIpc) is 2.57. The van der Waals surface area contributed by atoms with E-state index in [1.165, 1.54) is 10.9 Å². The number of benzene rings is 2. The molecule has 0 bridgehead atoms. The van der Waals surface area contributed by atoms with Crippen LogP contribution in [0.1, 0.15) is 17.0 Å². The Morgan fingerprint density at radius 2 is 1.17 bits per heavy atom. The van der Waals surface area contributed by atoms with Crippen molar-refractivity contribution < 1.29 is 5.11 Å². The summed E-state index contributed by atoms with van der Waals surface area (Å²) in [5.74, 6) is 0.246. The average molecular weight is 316 g/mol. The Labute approximate surface area is 141 Å². The van der Waals surface area contributed by atoms with E-state index in [4.69, 9.17) is 0 Å². The van der Waals surface area contributed by atoms with Gasteiger partial charge in [-0.05, 0) is 44.5 Å². The van der Waals surface area contributed by atoms with Crippen LogP contribution in [0.3, 0.4) is 0 Å². The van der Waals surface area contributed by atoms with Gasteiger partial charge in [-0.3, -0.25) is 4.98 Å². The maximum absolute atomic E-state index is 9.43. The lowest BCUT2D eigenvalue weighted by atomic mass is 10.1. The molecule has 120 valence electrons. The van der Waals surface area contributed by atoms with Crippen molar-refractivity contribution in [2.45, 2.75) is 20.8 Å². The second-order valence-electron chi connectivity index (χ2n) is 5.90. The Bertz CT molecular complexity index is 926. The van der Waals surface area contributed by atoms with Crippen LogP contribution >= 0.6 is 0 Å². The topological polar surface area (TPSA) is 46.0 Å². The molecule has 0 atom stereocenters. The Hall–Kier alpha value is -2.94. The van der Waals surface area contributed by atoms with E-state index in [9.17, 15) is 5.11 Å². The minimum Gasteiger partial charge on any atom is -0.506 e. The first-order valence-electron chi connectivity index (χ1n) is 7.93. The van der Waals surface area contributed by atoms with Crippen molar-refractivity contribution in [3.8, 4) is 5.75 Å². The molecule has 4 rings (SSSR count). The summed E-state index contributed by atoms with van der Waals surface area (Å²) in [6, 6.07) is 19.7. The zero-order valence-electron chi connectivity index (χ0n) is 14.1. The van der Waals surface area contributed by atoms with E-state index in [1.807, 2.05) is 44.2 Å². The van der Waals surface area contributed by atoms with Gasteiger partial charge in [-0.25, -0.2) is 4.98 Å². The number of pyridine rings is 2. The lowest BCUT2D eigenvalue weighted by molar-refractivity contribution is 0.480. The molecule has 24 heavy (non-hydrogen) atoms. The molecule has 3 heteroatoms. The molecule has 0 aliphatic rings. The van der Waals surface area contributed by atoms with Gasteiger partial charge in [0.05, 0.1) is 5.52 Å². The van der Waals surface area contributed by atoms with Crippen molar-refractivity contribution in [1.82, 2.24) is 9.97 Å². The highest BCUT2D eigenvalue weighted by atomic mass is 16.3. The zero-order chi connectivity index (χ0) is 17.1. The second-order valence-corrected chi connectivity index (χ2v) is 5.90. The van der Waals surface area contributed by atoms with Crippen molar-refractivity contribution in [3.05, 3.63) is 77.6 Å². The fraction of sp³-hybridized carbons (Fsp3) is 0.143. The molecule has 0 unspecified atom stereocenters. The standard InChI is InChI=1S/C11H11N.C10H9NO/c1-8-4-3-5-10-7-6-9(2)12-11(8)10;1-7-5-6-8-3-2-4-9(12)10(8)11-7/h3-7H,1-2H3;2-6,12H,1H3. The zero-order valence-corrected chi connectivity index (χ0v) is 14.1. The summed E-state index contributed by atoms with van der Waals surface area (Å²) in [4.78, 5) is 8.70. The van der Waals surface area contributed by atoms with E-state index in [1.54, 1.807) is 6.07 Å². The summed E-state index contributed by atoms with van der Waals surface area (Å²) in [6.45, 7) is 6.02. The van der Waals surface area contributed by atoms with Gasteiger partial charge in [-0.2, -0.15) is 0 Å². The third-order valence-electron chi connectivity index (χ3n) is 3.90. The van der Waals surface area contributed by atoms with Gasteiger partial charge in [-0.1, -0.05) is 42.5 Å². The summed E-state index contributed by atoms with van der Waals surface area (Å²) in [5, 5.41) is 11.6. The molecule has 2 aromatic heterocycles. The lowest BCUT2D eigenvalue weighted by Gasteiger charge is -2.00. The van der Waals surface area contributed by atoms with Crippen LogP contribution in [0.2, 0.25) is 0 Å². The van der Waals surface area contributed by atoms with Gasteiger partial charge in [0.2, 0.25) is 0 Å². The molecule has 0 fully saturated rings. The molecule has 0 radical (unpaired) electrons. The number of phenolic OH excluding ortho intramolecular Hbond substituents is 1. The number of aryl methyl sites for hydroxylation is 3. The molecule has 0 spiro atoms. The predicted octanol–water partition coefficient (Wildman–Crippen LogP) is 5.10. The maximum Gasteiger partial charge on any atom is 0.141 e. The number of aromatic nitrogens is 2. The van der Waals surface area contributed by atoms with Crippen LogP contribution in [0.25, 0.3) is 21.8 Å². The quantitative estimate of drug-likeness (QED) is 0.491. The maximum atomic E-state index is 9.43.